The van der Waals surface area contributed by atoms with E-state index < -0.39 is 0 Å². The molecule has 0 unspecified atom stereocenters. The van der Waals surface area contributed by atoms with Gasteiger partial charge in [0, 0.05) is 17.2 Å². The molecule has 1 heterocycles. The molecule has 0 saturated heterocycles. The first kappa shape index (κ1) is 4.91. The van der Waals surface area contributed by atoms with E-state index >= 15 is 0 Å². The molecular weight excluding hydrogens is 154 g/mol. The summed E-state index contributed by atoms with van der Waals surface area (Å²) in [6, 6.07) is 4.02. The van der Waals surface area contributed by atoms with E-state index in [4.69, 9.17) is 0 Å². The average Bonchev–Trinajstić information content (AvgIpc) is 2.14. The van der Waals surface area contributed by atoms with Crippen molar-refractivity contribution < 1.29 is 0 Å². The summed E-state index contributed by atoms with van der Waals surface area (Å²) in [4.78, 5) is 3.04. The lowest BCUT2D eigenvalue weighted by Gasteiger charge is -1.79. The van der Waals surface area contributed by atoms with Gasteiger partial charge in [0.1, 0.15) is 0 Å². The molecule has 0 radical (unpaired) electrons. The summed E-state index contributed by atoms with van der Waals surface area (Å²) in [5.74, 6) is 0. The number of alkyl halides is 1. The average molecular weight is 160 g/mol. The second kappa shape index (κ2) is 2.17. The van der Waals surface area contributed by atoms with Crippen LogP contribution in [0.4, 0.5) is 0 Å². The molecule has 0 aromatic carbocycles. The molecule has 1 nitrogen and oxygen atoms in total. The van der Waals surface area contributed by atoms with Crippen molar-refractivity contribution in [3.8, 4) is 0 Å². The van der Waals surface area contributed by atoms with Crippen LogP contribution in [0.5, 0.6) is 0 Å². The number of hydrogen-bond acceptors (Lipinski definition) is 0. The van der Waals surface area contributed by atoms with E-state index in [9.17, 15) is 0 Å². The van der Waals surface area contributed by atoms with E-state index in [1.54, 1.807) is 0 Å². The Hall–Kier alpha value is -0.240. The van der Waals surface area contributed by atoms with E-state index in [2.05, 4.69) is 20.9 Å². The van der Waals surface area contributed by atoms with Crippen molar-refractivity contribution in [2.75, 3.05) is 0 Å². The number of rotatable bonds is 1. The van der Waals surface area contributed by atoms with Crippen LogP contribution in [0.15, 0.2) is 18.3 Å². The number of hydrogen-bond donors (Lipinski definition) is 1. The predicted molar refractivity (Wildman–Crippen MR) is 33.4 cm³/mol. The molecule has 38 valence electrons. The van der Waals surface area contributed by atoms with E-state index in [1.165, 1.54) is 5.69 Å². The third-order valence-electron chi connectivity index (χ3n) is 0.806. The molecule has 0 aliphatic carbocycles. The second-order valence-electron chi connectivity index (χ2n) is 1.33. The van der Waals surface area contributed by atoms with Gasteiger partial charge in [-0.2, -0.15) is 0 Å². The highest BCUT2D eigenvalue weighted by molar-refractivity contribution is 9.08. The molecule has 1 rings (SSSR count). The van der Waals surface area contributed by atoms with E-state index in [0.717, 1.165) is 5.33 Å². The zero-order valence-corrected chi connectivity index (χ0v) is 5.40. The first-order chi connectivity index (χ1) is 3.43. The maximum absolute atomic E-state index is 3.31. The summed E-state index contributed by atoms with van der Waals surface area (Å²) in [6.07, 6.45) is 1.91. The quantitative estimate of drug-likeness (QED) is 0.604. The number of halogens is 1. The molecule has 0 aliphatic rings. The topological polar surface area (TPSA) is 15.8 Å². The fraction of sp³-hybridized carbons (Fsp3) is 0.200. The zero-order valence-electron chi connectivity index (χ0n) is 3.82. The van der Waals surface area contributed by atoms with Crippen LogP contribution < -0.4 is 0 Å². The van der Waals surface area contributed by atoms with Crippen LogP contribution in [-0.2, 0) is 5.33 Å². The summed E-state index contributed by atoms with van der Waals surface area (Å²) in [5.41, 5.74) is 1.22. The molecule has 0 amide bonds. The number of aromatic nitrogens is 1. The molecule has 1 aromatic heterocycles. The lowest BCUT2D eigenvalue weighted by Crippen LogP contribution is -1.69. The van der Waals surface area contributed by atoms with Gasteiger partial charge in [-0.25, -0.2) is 0 Å². The van der Waals surface area contributed by atoms with Gasteiger partial charge in [-0.15, -0.1) is 0 Å². The molecule has 0 bridgehead atoms. The van der Waals surface area contributed by atoms with Crippen LogP contribution in [0.1, 0.15) is 5.69 Å². The SMILES string of the molecule is BrCc1ccc[nH]1. The largest absolute Gasteiger partial charge is 0.364 e. The van der Waals surface area contributed by atoms with Crippen molar-refractivity contribution in [1.29, 1.82) is 0 Å². The monoisotopic (exact) mass is 159 g/mol. The highest BCUT2D eigenvalue weighted by Crippen LogP contribution is 1.98. The van der Waals surface area contributed by atoms with Crippen LogP contribution in [0.3, 0.4) is 0 Å². The minimum atomic E-state index is 0.917. The Morgan fingerprint density at radius 2 is 2.57 bits per heavy atom. The van der Waals surface area contributed by atoms with Gasteiger partial charge in [-0.1, -0.05) is 15.9 Å². The third kappa shape index (κ3) is 1.06. The minimum Gasteiger partial charge on any atom is -0.364 e. The van der Waals surface area contributed by atoms with Gasteiger partial charge in [-0.3, -0.25) is 0 Å². The van der Waals surface area contributed by atoms with Gasteiger partial charge in [0.15, 0.2) is 0 Å². The van der Waals surface area contributed by atoms with Crippen molar-refractivity contribution in [2.45, 2.75) is 5.33 Å². The van der Waals surface area contributed by atoms with Crippen molar-refractivity contribution in [1.82, 2.24) is 4.98 Å². The summed E-state index contributed by atoms with van der Waals surface area (Å²) in [5, 5.41) is 0.917. The summed E-state index contributed by atoms with van der Waals surface area (Å²) < 4.78 is 0. The highest BCUT2D eigenvalue weighted by atomic mass is 79.9. The van der Waals surface area contributed by atoms with Crippen LogP contribution in [-0.4, -0.2) is 4.98 Å². The van der Waals surface area contributed by atoms with Gasteiger partial charge in [0.05, 0.1) is 0 Å². The van der Waals surface area contributed by atoms with Gasteiger partial charge >= 0.3 is 0 Å². The molecule has 1 N–H and O–H groups in total. The maximum Gasteiger partial charge on any atom is 0.0434 e. The first-order valence-electron chi connectivity index (χ1n) is 2.11. The Balaban J connectivity index is 2.76. The standard InChI is InChI=1S/C5H6BrN/c6-4-5-2-1-3-7-5/h1-3,7H,4H2. The molecule has 0 atom stereocenters. The van der Waals surface area contributed by atoms with Gasteiger partial charge in [0.25, 0.3) is 0 Å². The summed E-state index contributed by atoms with van der Waals surface area (Å²) >= 11 is 3.31. The van der Waals surface area contributed by atoms with E-state index in [1.807, 2.05) is 18.3 Å². The Morgan fingerprint density at radius 3 is 2.86 bits per heavy atom. The van der Waals surface area contributed by atoms with Crippen molar-refractivity contribution in [3.63, 3.8) is 0 Å². The minimum absolute atomic E-state index is 0.917. The lowest BCUT2D eigenvalue weighted by atomic mass is 10.5. The van der Waals surface area contributed by atoms with Crippen LogP contribution in [0.2, 0.25) is 0 Å². The summed E-state index contributed by atoms with van der Waals surface area (Å²) in [7, 11) is 0. The highest BCUT2D eigenvalue weighted by Gasteiger charge is 1.82. The molecule has 0 aliphatic heterocycles. The number of aromatic amines is 1. The molecule has 0 spiro atoms. The van der Waals surface area contributed by atoms with E-state index in [0.29, 0.717) is 0 Å². The molecule has 7 heavy (non-hydrogen) atoms. The number of nitrogens with one attached hydrogen (secondary N) is 1. The summed E-state index contributed by atoms with van der Waals surface area (Å²) in [6.45, 7) is 0. The van der Waals surface area contributed by atoms with Gasteiger partial charge < -0.3 is 4.98 Å². The van der Waals surface area contributed by atoms with Crippen molar-refractivity contribution in [2.24, 2.45) is 0 Å². The Bertz CT molecular complexity index is 123. The Labute approximate surface area is 50.9 Å². The van der Waals surface area contributed by atoms with Crippen LogP contribution >= 0.6 is 15.9 Å². The molecule has 0 fully saturated rings. The fourth-order valence-corrected chi connectivity index (χ4v) is 0.799. The molecule has 2 heteroatoms. The van der Waals surface area contributed by atoms with Gasteiger partial charge in [-0.05, 0) is 12.1 Å². The Kier molecular flexibility index (Phi) is 1.52. The second-order valence-corrected chi connectivity index (χ2v) is 1.89. The number of H-pyrrole nitrogens is 1. The van der Waals surface area contributed by atoms with Crippen LogP contribution in [0.25, 0.3) is 0 Å². The fourth-order valence-electron chi connectivity index (χ4n) is 0.451. The smallest absolute Gasteiger partial charge is 0.0434 e. The van der Waals surface area contributed by atoms with Crippen LogP contribution in [0, 0.1) is 0 Å². The molecule has 1 aromatic rings. The zero-order chi connectivity index (χ0) is 5.11. The normalized spacial score (nSPS) is 9.29. The first-order valence-corrected chi connectivity index (χ1v) is 3.24. The molecular formula is C5H6BrN. The van der Waals surface area contributed by atoms with Crippen molar-refractivity contribution >= 4 is 15.9 Å². The maximum atomic E-state index is 3.31. The lowest BCUT2D eigenvalue weighted by molar-refractivity contribution is 1.25. The van der Waals surface area contributed by atoms with E-state index in [-0.39, 0.29) is 0 Å². The molecule has 0 saturated carbocycles. The Morgan fingerprint density at radius 1 is 1.71 bits per heavy atom. The third-order valence-corrected chi connectivity index (χ3v) is 1.41. The van der Waals surface area contributed by atoms with Crippen molar-refractivity contribution in [3.05, 3.63) is 24.0 Å². The predicted octanol–water partition coefficient (Wildman–Crippen LogP) is 1.91. The van der Waals surface area contributed by atoms with Gasteiger partial charge in [0.2, 0.25) is 0 Å².